The van der Waals surface area contributed by atoms with Crippen LogP contribution in [-0.4, -0.2) is 46.8 Å². The Kier molecular flexibility index (Phi) is 6.29. The predicted octanol–water partition coefficient (Wildman–Crippen LogP) is 2.94. The molecule has 0 spiro atoms. The highest BCUT2D eigenvalue weighted by Gasteiger charge is 2.65. The van der Waals surface area contributed by atoms with E-state index in [9.17, 15) is 31.5 Å². The van der Waals surface area contributed by atoms with E-state index >= 15 is 0 Å². The highest BCUT2D eigenvalue weighted by atomic mass is 19.4. The van der Waals surface area contributed by atoms with Crippen molar-refractivity contribution in [3.63, 3.8) is 0 Å². The van der Waals surface area contributed by atoms with Gasteiger partial charge < -0.3 is 20.5 Å². The van der Waals surface area contributed by atoms with Gasteiger partial charge in [-0.2, -0.15) is 17.6 Å². The van der Waals surface area contributed by atoms with Gasteiger partial charge in [0, 0.05) is 17.4 Å². The number of hydrogen-bond acceptors (Lipinski definition) is 6. The Bertz CT molecular complexity index is 1100. The molecular weight excluding hydrogens is 455 g/mol. The zero-order valence-corrected chi connectivity index (χ0v) is 17.5. The Hall–Kier alpha value is -3.35. The van der Waals surface area contributed by atoms with Crippen LogP contribution < -0.4 is 15.8 Å². The summed E-state index contributed by atoms with van der Waals surface area (Å²) in [4.78, 5) is 31.7. The first-order valence-corrected chi connectivity index (χ1v) is 9.51. The molecule has 8 nitrogen and oxygen atoms in total. The van der Waals surface area contributed by atoms with Gasteiger partial charge in [0.25, 0.3) is 11.8 Å². The number of benzene rings is 1. The van der Waals surface area contributed by atoms with Crippen LogP contribution in [0.4, 0.5) is 27.8 Å². The minimum Gasteiger partial charge on any atom is -0.493 e. The quantitative estimate of drug-likeness (QED) is 0.644. The second-order valence-electron chi connectivity index (χ2n) is 7.58. The van der Waals surface area contributed by atoms with Crippen LogP contribution in [0.2, 0.25) is 0 Å². The van der Waals surface area contributed by atoms with E-state index in [-0.39, 0.29) is 17.1 Å². The number of nitrogens with zero attached hydrogens (tertiary/aromatic N) is 2. The number of methoxy groups -OCH3 is 1. The summed E-state index contributed by atoms with van der Waals surface area (Å²) in [6, 6.07) is 1.76. The SMILES string of the molecule is COc1c([C@@H]2[C@@H](C)[C@@](C)(C(F)(F)F)O[C@H]2C(=O)Nc2cncc(C(N)=O)n2)ccc(F)c1F. The van der Waals surface area contributed by atoms with Gasteiger partial charge in [0.05, 0.1) is 19.5 Å². The first-order chi connectivity index (χ1) is 15.3. The van der Waals surface area contributed by atoms with Crippen LogP contribution in [0, 0.1) is 17.6 Å². The van der Waals surface area contributed by atoms with Gasteiger partial charge >= 0.3 is 6.18 Å². The number of rotatable bonds is 5. The molecular formula is C20H19F5N4O4. The maximum atomic E-state index is 14.3. The third-order valence-corrected chi connectivity index (χ3v) is 5.71. The Morgan fingerprint density at radius 2 is 1.91 bits per heavy atom. The number of nitrogens with two attached hydrogens (primary N) is 1. The Morgan fingerprint density at radius 3 is 2.48 bits per heavy atom. The summed E-state index contributed by atoms with van der Waals surface area (Å²) in [7, 11) is 1.02. The van der Waals surface area contributed by atoms with Crippen molar-refractivity contribution in [1.29, 1.82) is 0 Å². The van der Waals surface area contributed by atoms with Gasteiger partial charge in [0.2, 0.25) is 5.82 Å². The molecule has 13 heteroatoms. The van der Waals surface area contributed by atoms with E-state index in [1.807, 2.05) is 0 Å². The van der Waals surface area contributed by atoms with E-state index in [1.165, 1.54) is 6.92 Å². The number of primary amides is 1. The maximum Gasteiger partial charge on any atom is 0.417 e. The molecule has 0 bridgehead atoms. The molecule has 0 saturated carbocycles. The van der Waals surface area contributed by atoms with Crippen molar-refractivity contribution in [2.24, 2.45) is 11.7 Å². The summed E-state index contributed by atoms with van der Waals surface area (Å²) >= 11 is 0. The second kappa shape index (κ2) is 8.54. The van der Waals surface area contributed by atoms with Crippen molar-refractivity contribution in [2.75, 3.05) is 12.4 Å². The number of anilines is 1. The van der Waals surface area contributed by atoms with E-state index in [4.69, 9.17) is 15.2 Å². The summed E-state index contributed by atoms with van der Waals surface area (Å²) < 4.78 is 79.9. The molecule has 2 amide bonds. The number of alkyl halides is 3. The number of ether oxygens (including phenoxy) is 2. The van der Waals surface area contributed by atoms with Gasteiger partial charge in [-0.05, 0) is 13.0 Å². The number of carbonyl (C=O) groups excluding carboxylic acids is 2. The lowest BCUT2D eigenvalue weighted by atomic mass is 9.77. The summed E-state index contributed by atoms with van der Waals surface area (Å²) in [5, 5.41) is 2.23. The molecule has 3 N–H and O–H groups in total. The predicted molar refractivity (Wildman–Crippen MR) is 103 cm³/mol. The van der Waals surface area contributed by atoms with Crippen molar-refractivity contribution in [1.82, 2.24) is 9.97 Å². The molecule has 1 aliphatic rings. The van der Waals surface area contributed by atoms with Gasteiger partial charge in [0.15, 0.2) is 23.0 Å². The van der Waals surface area contributed by atoms with Crippen molar-refractivity contribution in [2.45, 2.75) is 37.6 Å². The molecule has 1 saturated heterocycles. The van der Waals surface area contributed by atoms with Crippen molar-refractivity contribution in [3.8, 4) is 5.75 Å². The average Bonchev–Trinajstić information content (AvgIpc) is 3.02. The molecule has 2 heterocycles. The lowest BCUT2D eigenvalue weighted by molar-refractivity contribution is -0.272. The first kappa shape index (κ1) is 24.3. The number of halogens is 5. The molecule has 3 rings (SSSR count). The van der Waals surface area contributed by atoms with Crippen LogP contribution in [0.25, 0.3) is 0 Å². The topological polar surface area (TPSA) is 116 Å². The number of aromatic nitrogens is 2. The van der Waals surface area contributed by atoms with E-state index in [2.05, 4.69) is 15.3 Å². The number of carbonyl (C=O) groups is 2. The highest BCUT2D eigenvalue weighted by Crippen LogP contribution is 2.54. The van der Waals surface area contributed by atoms with E-state index in [1.54, 1.807) is 0 Å². The molecule has 0 radical (unpaired) electrons. The Labute approximate surface area is 184 Å². The van der Waals surface area contributed by atoms with Gasteiger partial charge in [0.1, 0.15) is 11.8 Å². The Morgan fingerprint density at radius 1 is 1.24 bits per heavy atom. The van der Waals surface area contributed by atoms with E-state index in [0.717, 1.165) is 38.6 Å². The fraction of sp³-hybridized carbons (Fsp3) is 0.400. The van der Waals surface area contributed by atoms with Gasteiger partial charge in [-0.15, -0.1) is 0 Å². The van der Waals surface area contributed by atoms with Crippen molar-refractivity contribution in [3.05, 3.63) is 47.4 Å². The molecule has 4 atom stereocenters. The van der Waals surface area contributed by atoms with Crippen LogP contribution in [0.3, 0.4) is 0 Å². The molecule has 178 valence electrons. The van der Waals surface area contributed by atoms with E-state index < -0.39 is 58.9 Å². The molecule has 1 fully saturated rings. The van der Waals surface area contributed by atoms with Crippen LogP contribution in [-0.2, 0) is 9.53 Å². The largest absolute Gasteiger partial charge is 0.493 e. The molecule has 0 aliphatic carbocycles. The number of amides is 2. The second-order valence-corrected chi connectivity index (χ2v) is 7.58. The molecule has 1 aromatic heterocycles. The zero-order chi connectivity index (χ0) is 24.7. The molecule has 33 heavy (non-hydrogen) atoms. The average molecular weight is 474 g/mol. The Balaban J connectivity index is 2.07. The summed E-state index contributed by atoms with van der Waals surface area (Å²) in [5.41, 5.74) is 1.82. The monoisotopic (exact) mass is 474 g/mol. The normalized spacial score (nSPS) is 25.0. The standard InChI is InChI=1S/C20H19F5N4O4/c1-8-13(9-4-5-10(21)14(22)15(9)32-3)16(33-19(8,2)20(23,24)25)18(31)29-12-7-27-6-11(28-12)17(26)30/h4-8,13,16H,1-3H3,(H2,26,30)(H,28,29,31)/t8-,13+,16-,19+/m1/s1. The minimum atomic E-state index is -4.91. The lowest BCUT2D eigenvalue weighted by Gasteiger charge is -2.32. The van der Waals surface area contributed by atoms with E-state index in [0.29, 0.717) is 0 Å². The van der Waals surface area contributed by atoms with Gasteiger partial charge in [-0.25, -0.2) is 9.37 Å². The van der Waals surface area contributed by atoms with Crippen LogP contribution >= 0.6 is 0 Å². The number of nitrogens with one attached hydrogen (secondary N) is 1. The molecule has 2 aromatic rings. The van der Waals surface area contributed by atoms with Gasteiger partial charge in [-0.1, -0.05) is 13.0 Å². The minimum absolute atomic E-state index is 0.186. The third-order valence-electron chi connectivity index (χ3n) is 5.71. The lowest BCUT2D eigenvalue weighted by Crippen LogP contribution is -2.47. The summed E-state index contributed by atoms with van der Waals surface area (Å²) in [6.45, 7) is 1.94. The number of hydrogen-bond donors (Lipinski definition) is 2. The van der Waals surface area contributed by atoms with Crippen LogP contribution in [0.1, 0.15) is 35.8 Å². The van der Waals surface area contributed by atoms with Gasteiger partial charge in [-0.3, -0.25) is 14.6 Å². The maximum absolute atomic E-state index is 14.3. The highest BCUT2D eigenvalue weighted by molar-refractivity contribution is 5.95. The summed E-state index contributed by atoms with van der Waals surface area (Å²) in [5.74, 6) is -8.45. The first-order valence-electron chi connectivity index (χ1n) is 9.51. The smallest absolute Gasteiger partial charge is 0.417 e. The molecule has 1 aromatic carbocycles. The fourth-order valence-corrected chi connectivity index (χ4v) is 3.78. The van der Waals surface area contributed by atoms with Crippen molar-refractivity contribution < 1.29 is 41.0 Å². The van der Waals surface area contributed by atoms with Crippen LogP contribution in [0.5, 0.6) is 5.75 Å². The van der Waals surface area contributed by atoms with Crippen molar-refractivity contribution >= 4 is 17.6 Å². The third kappa shape index (κ3) is 4.19. The molecule has 0 unspecified atom stereocenters. The molecule has 1 aliphatic heterocycles. The summed E-state index contributed by atoms with van der Waals surface area (Å²) in [6.07, 6.45) is -4.65. The fourth-order valence-electron chi connectivity index (χ4n) is 3.78. The van der Waals surface area contributed by atoms with Crippen LogP contribution in [0.15, 0.2) is 24.5 Å². The zero-order valence-electron chi connectivity index (χ0n) is 17.5.